The lowest BCUT2D eigenvalue weighted by Crippen LogP contribution is -2.55. The lowest BCUT2D eigenvalue weighted by Gasteiger charge is -2.38. The summed E-state index contributed by atoms with van der Waals surface area (Å²) in [4.78, 5) is 17.7. The average Bonchev–Trinajstić information content (AvgIpc) is 3.23. The summed E-state index contributed by atoms with van der Waals surface area (Å²) in [5, 5.41) is 4.78. The molecule has 2 fully saturated rings. The molecule has 3 aromatic rings. The van der Waals surface area contributed by atoms with E-state index >= 15 is 0 Å². The number of amides is 1. The Morgan fingerprint density at radius 2 is 1.80 bits per heavy atom. The zero-order valence-corrected chi connectivity index (χ0v) is 19.8. The Morgan fingerprint density at radius 3 is 2.51 bits per heavy atom. The highest BCUT2D eigenvalue weighted by Gasteiger charge is 2.43. The number of hydrogen-bond donors (Lipinski definition) is 1. The molecule has 1 atom stereocenters. The van der Waals surface area contributed by atoms with E-state index in [0.29, 0.717) is 44.3 Å². The summed E-state index contributed by atoms with van der Waals surface area (Å²) in [6.07, 6.45) is 0. The minimum Gasteiger partial charge on any atom is -0.378 e. The zero-order valence-electron chi connectivity index (χ0n) is 19.0. The second kappa shape index (κ2) is 8.70. The highest BCUT2D eigenvalue weighted by Crippen LogP contribution is 2.41. The van der Waals surface area contributed by atoms with Gasteiger partial charge in [0.2, 0.25) is 0 Å². The van der Waals surface area contributed by atoms with E-state index in [0.717, 1.165) is 33.0 Å². The van der Waals surface area contributed by atoms with Gasteiger partial charge >= 0.3 is 0 Å². The number of likely N-dealkylation sites (tertiary alicyclic amines) is 1. The van der Waals surface area contributed by atoms with E-state index in [2.05, 4.69) is 0 Å². The van der Waals surface area contributed by atoms with Gasteiger partial charge < -0.3 is 9.64 Å². The van der Waals surface area contributed by atoms with Crippen molar-refractivity contribution in [3.63, 3.8) is 0 Å². The Bertz CT molecular complexity index is 1270. The molecule has 6 rings (SSSR count). The first kappa shape index (κ1) is 22.7. The van der Waals surface area contributed by atoms with Gasteiger partial charge in [0.15, 0.2) is 27.5 Å². The number of alkyl halides is 2. The Hall–Kier alpha value is -2.79. The van der Waals surface area contributed by atoms with Crippen LogP contribution in [-0.4, -0.2) is 75.4 Å². The predicted octanol–water partition coefficient (Wildman–Crippen LogP) is 3.43. The molecular formula is C25H25F2N4O3S+. The Labute approximate surface area is 204 Å². The summed E-state index contributed by atoms with van der Waals surface area (Å²) < 4.78 is 44.4. The third kappa shape index (κ3) is 4.14. The first-order chi connectivity index (χ1) is 16.9. The fourth-order valence-corrected chi connectivity index (χ4v) is 6.30. The number of carbonyl (C=O) groups excluding carboxylic acids is 1. The molecule has 1 unspecified atom stereocenters. The molecule has 1 aromatic heterocycles. The van der Waals surface area contributed by atoms with Crippen LogP contribution < -0.4 is 0 Å². The van der Waals surface area contributed by atoms with Crippen molar-refractivity contribution in [3.05, 3.63) is 65.4 Å². The van der Waals surface area contributed by atoms with Gasteiger partial charge in [-0.25, -0.2) is 13.5 Å². The van der Waals surface area contributed by atoms with Crippen LogP contribution >= 0.6 is 0 Å². The van der Waals surface area contributed by atoms with Crippen LogP contribution in [0.5, 0.6) is 0 Å². The molecule has 3 aliphatic rings. The van der Waals surface area contributed by atoms with Crippen molar-refractivity contribution in [2.75, 3.05) is 39.4 Å². The number of benzene rings is 2. The number of hydrogen-bond acceptors (Lipinski definition) is 5. The Morgan fingerprint density at radius 1 is 1.09 bits per heavy atom. The number of morpholine rings is 1. The van der Waals surface area contributed by atoms with Gasteiger partial charge in [-0.3, -0.25) is 9.69 Å². The highest BCUT2D eigenvalue weighted by atomic mass is 32.2. The number of carbonyl (C=O) groups is 1. The number of halogens is 2. The van der Waals surface area contributed by atoms with Crippen molar-refractivity contribution < 1.29 is 22.9 Å². The number of nitrogens with zero attached hydrogens (tertiary/aromatic N) is 4. The van der Waals surface area contributed by atoms with Crippen LogP contribution in [0.1, 0.15) is 21.6 Å². The Balaban J connectivity index is 1.38. The standard InChI is InChI=1S/C25H25F2N4O3S/c26-25(27)15-29(16-25)13-17-5-7-18(8-6-17)31-23-19-3-1-2-4-21(19)35(33)14-20(23)22(28-31)24(32)30-9-11-34-12-10-30/h1-8,33H,9-16H2/q+1. The number of ether oxygens (including phenoxy) is 1. The first-order valence-corrected chi connectivity index (χ1v) is 12.9. The van der Waals surface area contributed by atoms with Gasteiger partial charge in [-0.05, 0) is 29.8 Å². The molecule has 7 nitrogen and oxygen atoms in total. The summed E-state index contributed by atoms with van der Waals surface area (Å²) >= 11 is -1.03. The molecule has 182 valence electrons. The van der Waals surface area contributed by atoms with Gasteiger partial charge in [0.1, 0.15) is 0 Å². The predicted molar refractivity (Wildman–Crippen MR) is 128 cm³/mol. The molecule has 2 aromatic carbocycles. The van der Waals surface area contributed by atoms with Crippen LogP contribution in [0.15, 0.2) is 53.4 Å². The molecule has 0 bridgehead atoms. The van der Waals surface area contributed by atoms with Crippen molar-refractivity contribution in [1.82, 2.24) is 19.6 Å². The minimum atomic E-state index is -2.59. The van der Waals surface area contributed by atoms with Crippen LogP contribution in [0.25, 0.3) is 16.9 Å². The quantitative estimate of drug-likeness (QED) is 0.557. The smallest absolute Gasteiger partial charge is 0.275 e. The van der Waals surface area contributed by atoms with Gasteiger partial charge in [0.25, 0.3) is 11.8 Å². The van der Waals surface area contributed by atoms with E-state index in [1.807, 2.05) is 48.5 Å². The molecule has 1 N–H and O–H groups in total. The first-order valence-electron chi connectivity index (χ1n) is 11.6. The fraction of sp³-hybridized carbons (Fsp3) is 0.360. The van der Waals surface area contributed by atoms with E-state index in [-0.39, 0.29) is 19.0 Å². The van der Waals surface area contributed by atoms with E-state index < -0.39 is 17.1 Å². The number of rotatable bonds is 4. The number of aromatic nitrogens is 2. The highest BCUT2D eigenvalue weighted by molar-refractivity contribution is 7.91. The van der Waals surface area contributed by atoms with E-state index in [1.165, 1.54) is 0 Å². The largest absolute Gasteiger partial charge is 0.378 e. The molecule has 0 aliphatic carbocycles. The number of fused-ring (bicyclic) bond motifs is 3. The lowest BCUT2D eigenvalue weighted by molar-refractivity contribution is -0.133. The molecule has 0 spiro atoms. The second-order valence-electron chi connectivity index (χ2n) is 9.16. The molecule has 0 saturated carbocycles. The van der Waals surface area contributed by atoms with Crippen molar-refractivity contribution in [2.24, 2.45) is 0 Å². The van der Waals surface area contributed by atoms with Gasteiger partial charge in [-0.1, -0.05) is 24.3 Å². The summed E-state index contributed by atoms with van der Waals surface area (Å²) in [5.74, 6) is -2.41. The van der Waals surface area contributed by atoms with Crippen molar-refractivity contribution in [1.29, 1.82) is 0 Å². The van der Waals surface area contributed by atoms with Crippen LogP contribution in [0.3, 0.4) is 0 Å². The molecule has 4 heterocycles. The molecule has 2 saturated heterocycles. The van der Waals surface area contributed by atoms with Crippen molar-refractivity contribution in [2.45, 2.75) is 23.1 Å². The summed E-state index contributed by atoms with van der Waals surface area (Å²) in [5.41, 5.74) is 4.49. The van der Waals surface area contributed by atoms with Crippen molar-refractivity contribution >= 4 is 17.1 Å². The zero-order chi connectivity index (χ0) is 24.2. The average molecular weight is 500 g/mol. The SMILES string of the molecule is O=C(c1nn(-c2ccc(CN3CC(F)(F)C3)cc2)c2c1C[S+](O)c1ccccc1-2)N1CCOCC1. The van der Waals surface area contributed by atoms with Crippen molar-refractivity contribution in [3.8, 4) is 16.9 Å². The lowest BCUT2D eigenvalue weighted by atomic mass is 10.0. The molecule has 1 amide bonds. The minimum absolute atomic E-state index is 0.157. The van der Waals surface area contributed by atoms with Gasteiger partial charge in [-0.2, -0.15) is 9.65 Å². The molecule has 3 aliphatic heterocycles. The van der Waals surface area contributed by atoms with Gasteiger partial charge in [0.05, 0.1) is 48.8 Å². The third-order valence-corrected chi connectivity index (χ3v) is 8.08. The second-order valence-corrected chi connectivity index (χ2v) is 10.6. The Kier molecular flexibility index (Phi) is 5.63. The fourth-order valence-electron chi connectivity index (χ4n) is 4.94. The molecule has 0 radical (unpaired) electrons. The topological polar surface area (TPSA) is 70.8 Å². The summed E-state index contributed by atoms with van der Waals surface area (Å²) in [6.45, 7) is 2.03. The monoisotopic (exact) mass is 499 g/mol. The summed E-state index contributed by atoms with van der Waals surface area (Å²) in [7, 11) is 0. The van der Waals surface area contributed by atoms with E-state index in [1.54, 1.807) is 14.5 Å². The molecule has 10 heteroatoms. The third-order valence-electron chi connectivity index (χ3n) is 6.66. The van der Waals surface area contributed by atoms with Gasteiger partial charge in [0, 0.05) is 19.6 Å². The maximum Gasteiger partial charge on any atom is 0.275 e. The maximum atomic E-state index is 13.5. The van der Waals surface area contributed by atoms with Gasteiger partial charge in [-0.15, -0.1) is 0 Å². The van der Waals surface area contributed by atoms with E-state index in [4.69, 9.17) is 9.84 Å². The van der Waals surface area contributed by atoms with Crippen LogP contribution in [0, 0.1) is 0 Å². The van der Waals surface area contributed by atoms with Crippen LogP contribution in [0.2, 0.25) is 0 Å². The maximum absolute atomic E-state index is 13.5. The van der Waals surface area contributed by atoms with Crippen LogP contribution in [0.4, 0.5) is 8.78 Å². The molecule has 35 heavy (non-hydrogen) atoms. The molecular weight excluding hydrogens is 474 g/mol. The van der Waals surface area contributed by atoms with E-state index in [9.17, 15) is 18.1 Å². The van der Waals surface area contributed by atoms with Crippen LogP contribution in [-0.2, 0) is 28.2 Å². The summed E-state index contributed by atoms with van der Waals surface area (Å²) in [6, 6.07) is 15.3. The normalized spacial score (nSPS) is 21.2.